The van der Waals surface area contributed by atoms with Crippen molar-refractivity contribution in [1.82, 2.24) is 4.90 Å². The molecule has 0 bridgehead atoms. The van der Waals surface area contributed by atoms with Crippen LogP contribution < -0.4 is 5.73 Å². The van der Waals surface area contributed by atoms with Crippen molar-refractivity contribution in [2.24, 2.45) is 11.7 Å². The van der Waals surface area contributed by atoms with E-state index in [-0.39, 0.29) is 5.91 Å². The van der Waals surface area contributed by atoms with Crippen LogP contribution in [0, 0.1) is 17.8 Å². The fourth-order valence-corrected chi connectivity index (χ4v) is 2.78. The van der Waals surface area contributed by atoms with Gasteiger partial charge in [0, 0.05) is 13.1 Å². The molecule has 1 fully saturated rings. The summed E-state index contributed by atoms with van der Waals surface area (Å²) < 4.78 is 0. The quantitative estimate of drug-likeness (QED) is 0.846. The van der Waals surface area contributed by atoms with E-state index in [0.29, 0.717) is 18.5 Å². The molecule has 18 heavy (non-hydrogen) atoms. The Morgan fingerprint density at radius 2 is 2.33 bits per heavy atom. The Hall–Kier alpha value is -1.31. The molecule has 0 aromatic carbocycles. The van der Waals surface area contributed by atoms with Gasteiger partial charge in [0.1, 0.15) is 0 Å². The molecule has 0 spiro atoms. The second-order valence-corrected chi connectivity index (χ2v) is 5.75. The molecule has 1 aromatic heterocycles. The molecule has 1 aliphatic rings. The van der Waals surface area contributed by atoms with Gasteiger partial charge in [-0.1, -0.05) is 11.8 Å². The molecule has 2 rings (SSSR count). The van der Waals surface area contributed by atoms with Crippen molar-refractivity contribution in [1.29, 1.82) is 0 Å². The van der Waals surface area contributed by atoms with Gasteiger partial charge in [-0.3, -0.25) is 4.79 Å². The number of nitrogens with zero attached hydrogens (tertiary/aromatic N) is 1. The summed E-state index contributed by atoms with van der Waals surface area (Å²) in [4.78, 5) is 15.8. The van der Waals surface area contributed by atoms with E-state index < -0.39 is 0 Å². The molecule has 1 aromatic rings. The summed E-state index contributed by atoms with van der Waals surface area (Å²) in [5.41, 5.74) is 5.33. The Morgan fingerprint density at radius 3 is 2.94 bits per heavy atom. The summed E-state index contributed by atoms with van der Waals surface area (Å²) in [5, 5.41) is 0. The van der Waals surface area contributed by atoms with Gasteiger partial charge >= 0.3 is 0 Å². The first-order chi connectivity index (χ1) is 8.63. The Morgan fingerprint density at radius 1 is 1.61 bits per heavy atom. The minimum absolute atomic E-state index is 0.0974. The molecule has 0 saturated heterocycles. The van der Waals surface area contributed by atoms with Crippen LogP contribution >= 0.6 is 11.3 Å². The first kappa shape index (κ1) is 13.1. The summed E-state index contributed by atoms with van der Waals surface area (Å²) in [6.45, 7) is 2.47. The zero-order chi connectivity index (χ0) is 13.1. The molecule has 1 heterocycles. The number of amides is 1. The molecule has 0 aliphatic heterocycles. The second-order valence-electron chi connectivity index (χ2n) is 4.66. The van der Waals surface area contributed by atoms with Crippen LogP contribution in [0.4, 0.5) is 0 Å². The van der Waals surface area contributed by atoms with Gasteiger partial charge in [0.05, 0.1) is 16.3 Å². The third-order valence-corrected chi connectivity index (χ3v) is 4.35. The van der Waals surface area contributed by atoms with Gasteiger partial charge in [-0.15, -0.1) is 11.3 Å². The molecule has 1 saturated carbocycles. The largest absolute Gasteiger partial charge is 0.338 e. The monoisotopic (exact) mass is 262 g/mol. The van der Waals surface area contributed by atoms with Crippen molar-refractivity contribution in [2.45, 2.75) is 25.8 Å². The molecule has 1 atom stereocenters. The predicted octanol–water partition coefficient (Wildman–Crippen LogP) is 1.93. The predicted molar refractivity (Wildman–Crippen MR) is 74.5 cm³/mol. The fourth-order valence-electron chi connectivity index (χ4n) is 1.91. The van der Waals surface area contributed by atoms with E-state index in [2.05, 4.69) is 18.8 Å². The number of carbonyl (C=O) groups is 1. The zero-order valence-electron chi connectivity index (χ0n) is 10.8. The summed E-state index contributed by atoms with van der Waals surface area (Å²) in [5.74, 6) is 6.54. The van der Waals surface area contributed by atoms with Crippen LogP contribution in [0.2, 0.25) is 0 Å². The Balaban J connectivity index is 2.05. The van der Waals surface area contributed by atoms with Gasteiger partial charge in [0.2, 0.25) is 0 Å². The third-order valence-electron chi connectivity index (χ3n) is 3.37. The highest BCUT2D eigenvalue weighted by Gasteiger charge is 2.32. The Bertz CT molecular complexity index is 493. The van der Waals surface area contributed by atoms with E-state index in [4.69, 9.17) is 5.73 Å². The van der Waals surface area contributed by atoms with Crippen molar-refractivity contribution in [2.75, 3.05) is 13.6 Å². The first-order valence-corrected chi connectivity index (χ1v) is 7.01. The van der Waals surface area contributed by atoms with Crippen molar-refractivity contribution in [3.05, 3.63) is 21.9 Å². The lowest BCUT2D eigenvalue weighted by Gasteiger charge is -2.24. The molecular formula is C14H18N2OS. The highest BCUT2D eigenvalue weighted by molar-refractivity contribution is 7.14. The molecule has 96 valence electrons. The van der Waals surface area contributed by atoms with Crippen LogP contribution in [0.15, 0.2) is 12.1 Å². The summed E-state index contributed by atoms with van der Waals surface area (Å²) in [7, 11) is 1.89. The van der Waals surface area contributed by atoms with Gasteiger partial charge in [-0.25, -0.2) is 0 Å². The topological polar surface area (TPSA) is 46.3 Å². The lowest BCUT2D eigenvalue weighted by Crippen LogP contribution is -2.35. The molecule has 2 N–H and O–H groups in total. The Kier molecular flexibility index (Phi) is 4.05. The number of hydrogen-bond acceptors (Lipinski definition) is 3. The van der Waals surface area contributed by atoms with E-state index >= 15 is 0 Å². The molecule has 4 heteroatoms. The maximum Gasteiger partial charge on any atom is 0.263 e. The smallest absolute Gasteiger partial charge is 0.263 e. The zero-order valence-corrected chi connectivity index (χ0v) is 11.6. The summed E-state index contributed by atoms with van der Waals surface area (Å²) >= 11 is 1.44. The minimum atomic E-state index is 0.0974. The van der Waals surface area contributed by atoms with Crippen LogP contribution in [0.5, 0.6) is 0 Å². The minimum Gasteiger partial charge on any atom is -0.338 e. The number of hydrogen-bond donors (Lipinski definition) is 1. The molecule has 0 radical (unpaired) electrons. The maximum atomic E-state index is 12.3. The normalized spacial score (nSPS) is 15.7. The van der Waals surface area contributed by atoms with Gasteiger partial charge in [-0.05, 0) is 37.8 Å². The van der Waals surface area contributed by atoms with Crippen LogP contribution in [0.25, 0.3) is 0 Å². The van der Waals surface area contributed by atoms with Crippen molar-refractivity contribution >= 4 is 17.2 Å². The third kappa shape index (κ3) is 2.92. The van der Waals surface area contributed by atoms with Gasteiger partial charge in [-0.2, -0.15) is 0 Å². The molecule has 1 unspecified atom stereocenters. The SMILES string of the molecule is CC(C1CC1)N(C)C(=O)c1ccc(C#CCN)s1. The number of thiophene rings is 1. The van der Waals surface area contributed by atoms with Crippen molar-refractivity contribution in [3.63, 3.8) is 0 Å². The number of rotatable bonds is 3. The second kappa shape index (κ2) is 5.55. The van der Waals surface area contributed by atoms with Gasteiger partial charge < -0.3 is 10.6 Å². The molecule has 3 nitrogen and oxygen atoms in total. The number of nitrogens with two attached hydrogens (primary N) is 1. The van der Waals surface area contributed by atoms with Gasteiger partial charge in [0.25, 0.3) is 5.91 Å². The van der Waals surface area contributed by atoms with Gasteiger partial charge in [0.15, 0.2) is 0 Å². The summed E-state index contributed by atoms with van der Waals surface area (Å²) in [6.07, 6.45) is 2.49. The molecular weight excluding hydrogens is 244 g/mol. The average Bonchev–Trinajstić information content (AvgIpc) is 3.12. The van der Waals surface area contributed by atoms with E-state index in [0.717, 1.165) is 9.75 Å². The van der Waals surface area contributed by atoms with Crippen LogP contribution in [-0.4, -0.2) is 30.4 Å². The lowest BCUT2D eigenvalue weighted by atomic mass is 10.2. The average molecular weight is 262 g/mol. The molecule has 1 amide bonds. The summed E-state index contributed by atoms with van der Waals surface area (Å²) in [6, 6.07) is 4.07. The van der Waals surface area contributed by atoms with Crippen molar-refractivity contribution < 1.29 is 4.79 Å². The van der Waals surface area contributed by atoms with Crippen LogP contribution in [0.1, 0.15) is 34.3 Å². The first-order valence-electron chi connectivity index (χ1n) is 6.19. The van der Waals surface area contributed by atoms with E-state index in [9.17, 15) is 4.79 Å². The van der Waals surface area contributed by atoms with Crippen LogP contribution in [0.3, 0.4) is 0 Å². The highest BCUT2D eigenvalue weighted by Crippen LogP contribution is 2.35. The van der Waals surface area contributed by atoms with E-state index in [1.807, 2.05) is 24.1 Å². The van der Waals surface area contributed by atoms with Crippen LogP contribution in [-0.2, 0) is 0 Å². The maximum absolute atomic E-state index is 12.3. The highest BCUT2D eigenvalue weighted by atomic mass is 32.1. The van der Waals surface area contributed by atoms with Crippen molar-refractivity contribution in [3.8, 4) is 11.8 Å². The number of carbonyl (C=O) groups excluding carboxylic acids is 1. The van der Waals surface area contributed by atoms with E-state index in [1.54, 1.807) is 0 Å². The van der Waals surface area contributed by atoms with E-state index in [1.165, 1.54) is 24.2 Å². The standard InChI is InChI=1S/C14H18N2OS/c1-10(11-5-6-11)16(2)14(17)13-8-7-12(18-13)4-3-9-15/h7-8,10-11H,5-6,9,15H2,1-2H3. The Labute approximate surface area is 112 Å². The lowest BCUT2D eigenvalue weighted by molar-refractivity contribution is 0.0732. The molecule has 1 aliphatic carbocycles. The fraction of sp³-hybridized carbons (Fsp3) is 0.500.